The fourth-order valence-electron chi connectivity index (χ4n) is 9.38. The fourth-order valence-corrected chi connectivity index (χ4v) is 9.38. The summed E-state index contributed by atoms with van der Waals surface area (Å²) in [5.41, 5.74) is 0. The molecule has 0 N–H and O–H groups in total. The number of ether oxygens (including phenoxy) is 3. The van der Waals surface area contributed by atoms with E-state index in [1.807, 2.05) is 6.08 Å². The molecule has 0 aliphatic rings. The first-order chi connectivity index (χ1) is 40.0. The van der Waals surface area contributed by atoms with Gasteiger partial charge in [-0.15, -0.1) is 0 Å². The van der Waals surface area contributed by atoms with Crippen molar-refractivity contribution in [3.63, 3.8) is 0 Å². The van der Waals surface area contributed by atoms with Crippen molar-refractivity contribution in [2.75, 3.05) is 13.2 Å². The van der Waals surface area contributed by atoms with Crippen LogP contribution in [0.1, 0.15) is 316 Å². The van der Waals surface area contributed by atoms with Crippen LogP contribution >= 0.6 is 0 Å². The quantitative estimate of drug-likeness (QED) is 0.0261. The molecule has 6 nitrogen and oxygen atoms in total. The molecule has 0 heterocycles. The van der Waals surface area contributed by atoms with Gasteiger partial charge in [-0.05, 0) is 116 Å². The zero-order chi connectivity index (χ0) is 58.5. The van der Waals surface area contributed by atoms with Gasteiger partial charge in [-0.3, -0.25) is 14.4 Å². The van der Waals surface area contributed by atoms with Gasteiger partial charge in [0.15, 0.2) is 6.10 Å². The van der Waals surface area contributed by atoms with Crippen molar-refractivity contribution in [1.29, 1.82) is 0 Å². The molecule has 462 valence electrons. The lowest BCUT2D eigenvalue weighted by molar-refractivity contribution is -0.166. The standard InChI is InChI=1S/C75H126O6/c1-4-7-10-13-16-19-22-25-28-30-32-34-36-37-39-40-42-44-47-50-53-56-59-62-65-68-74(77)80-71-72(70-79-73(76)67-64-61-58-55-52-49-46-27-24-21-18-15-12-9-6-3)81-75(78)69-66-63-60-57-54-51-48-45-43-41-38-35-33-31-29-26-23-20-17-14-11-8-5-2/h9,12,18,21-23,25-27,30-33,38,41,46,52,55,61,64,72H,4-8,10-11,13-17,19-20,24,28-29,34-37,39-40,42-45,47-51,53-54,56-60,62-63,65-71H2,1-3H3/b12-9-,21-18-,25-22-,26-23-,32-30-,33-31-,41-38-,46-27-,55-52-,64-61-. The van der Waals surface area contributed by atoms with Crippen LogP contribution in [0.5, 0.6) is 0 Å². The highest BCUT2D eigenvalue weighted by atomic mass is 16.6. The number of carbonyl (C=O) groups is 3. The normalized spacial score (nSPS) is 12.9. The fraction of sp³-hybridized carbons (Fsp3) is 0.693. The van der Waals surface area contributed by atoms with Gasteiger partial charge in [-0.25, -0.2) is 0 Å². The molecule has 81 heavy (non-hydrogen) atoms. The van der Waals surface area contributed by atoms with E-state index < -0.39 is 12.1 Å². The zero-order valence-electron chi connectivity index (χ0n) is 53.0. The number of unbranched alkanes of at least 4 members (excludes halogenated alkanes) is 31. The van der Waals surface area contributed by atoms with Crippen LogP contribution in [0, 0.1) is 0 Å². The van der Waals surface area contributed by atoms with Crippen molar-refractivity contribution in [2.45, 2.75) is 322 Å². The van der Waals surface area contributed by atoms with Crippen LogP contribution in [0.2, 0.25) is 0 Å². The summed E-state index contributed by atoms with van der Waals surface area (Å²) in [7, 11) is 0. The lowest BCUT2D eigenvalue weighted by Crippen LogP contribution is -2.30. The average Bonchev–Trinajstić information content (AvgIpc) is 3.47. The van der Waals surface area contributed by atoms with Gasteiger partial charge < -0.3 is 14.2 Å². The molecule has 0 rings (SSSR count). The smallest absolute Gasteiger partial charge is 0.309 e. The number of hydrogen-bond acceptors (Lipinski definition) is 6. The van der Waals surface area contributed by atoms with E-state index >= 15 is 0 Å². The molecule has 0 amide bonds. The number of carbonyl (C=O) groups excluding carboxylic acids is 3. The van der Waals surface area contributed by atoms with Crippen LogP contribution in [0.15, 0.2) is 122 Å². The Labute approximate surface area is 501 Å². The van der Waals surface area contributed by atoms with Gasteiger partial charge in [0.1, 0.15) is 13.2 Å². The van der Waals surface area contributed by atoms with Gasteiger partial charge in [0.2, 0.25) is 0 Å². The van der Waals surface area contributed by atoms with E-state index in [1.165, 1.54) is 180 Å². The maximum atomic E-state index is 12.9. The molecular weight excluding hydrogens is 997 g/mol. The maximum absolute atomic E-state index is 12.9. The first-order valence-electron chi connectivity index (χ1n) is 34.0. The molecule has 0 bridgehead atoms. The van der Waals surface area contributed by atoms with E-state index in [0.717, 1.165) is 96.3 Å². The topological polar surface area (TPSA) is 78.9 Å². The van der Waals surface area contributed by atoms with Gasteiger partial charge in [0.05, 0.1) is 6.42 Å². The van der Waals surface area contributed by atoms with Crippen LogP contribution in [0.4, 0.5) is 0 Å². The molecule has 0 aromatic carbocycles. The lowest BCUT2D eigenvalue weighted by Gasteiger charge is -2.18. The van der Waals surface area contributed by atoms with Crippen LogP contribution < -0.4 is 0 Å². The van der Waals surface area contributed by atoms with E-state index in [2.05, 4.69) is 130 Å². The Morgan fingerprint density at radius 2 is 0.531 bits per heavy atom. The van der Waals surface area contributed by atoms with Crippen molar-refractivity contribution in [3.05, 3.63) is 122 Å². The molecule has 0 aromatic rings. The van der Waals surface area contributed by atoms with Gasteiger partial charge in [-0.1, -0.05) is 303 Å². The second kappa shape index (κ2) is 68.3. The second-order valence-corrected chi connectivity index (χ2v) is 22.4. The van der Waals surface area contributed by atoms with Crippen molar-refractivity contribution >= 4 is 17.9 Å². The first kappa shape index (κ1) is 76.8. The average molecular weight is 1120 g/mol. The summed E-state index contributed by atoms with van der Waals surface area (Å²) in [6, 6.07) is 0. The van der Waals surface area contributed by atoms with Crippen LogP contribution in [-0.4, -0.2) is 37.2 Å². The predicted octanol–water partition coefficient (Wildman–Crippen LogP) is 23.6. The molecule has 0 saturated heterocycles. The van der Waals surface area contributed by atoms with Crippen LogP contribution in [0.25, 0.3) is 0 Å². The Morgan fingerprint density at radius 3 is 0.864 bits per heavy atom. The zero-order valence-corrected chi connectivity index (χ0v) is 53.0. The van der Waals surface area contributed by atoms with E-state index in [9.17, 15) is 14.4 Å². The molecule has 6 heteroatoms. The highest BCUT2D eigenvalue weighted by molar-refractivity contribution is 5.72. The number of rotatable bonds is 61. The van der Waals surface area contributed by atoms with Gasteiger partial charge in [-0.2, -0.15) is 0 Å². The Morgan fingerprint density at radius 1 is 0.272 bits per heavy atom. The minimum absolute atomic E-state index is 0.113. The molecule has 0 spiro atoms. The third kappa shape index (κ3) is 66.5. The van der Waals surface area contributed by atoms with Crippen LogP contribution in [0.3, 0.4) is 0 Å². The van der Waals surface area contributed by atoms with Crippen LogP contribution in [-0.2, 0) is 28.6 Å². The summed E-state index contributed by atoms with van der Waals surface area (Å²) in [6.07, 6.45) is 95.3. The van der Waals surface area contributed by atoms with Gasteiger partial charge in [0.25, 0.3) is 0 Å². The van der Waals surface area contributed by atoms with Gasteiger partial charge >= 0.3 is 17.9 Å². The highest BCUT2D eigenvalue weighted by Gasteiger charge is 2.19. The Kier molecular flexibility index (Phi) is 64.8. The minimum Gasteiger partial charge on any atom is -0.462 e. The summed E-state index contributed by atoms with van der Waals surface area (Å²) in [6.45, 7) is 6.43. The van der Waals surface area contributed by atoms with Gasteiger partial charge in [0, 0.05) is 12.8 Å². The molecule has 0 aliphatic carbocycles. The number of hydrogen-bond donors (Lipinski definition) is 0. The Hall–Kier alpha value is -4.19. The Balaban J connectivity index is 4.41. The van der Waals surface area contributed by atoms with Crippen molar-refractivity contribution < 1.29 is 28.6 Å². The predicted molar refractivity (Wildman–Crippen MR) is 353 cm³/mol. The lowest BCUT2D eigenvalue weighted by atomic mass is 10.0. The Bertz CT molecular complexity index is 1670. The maximum Gasteiger partial charge on any atom is 0.309 e. The van der Waals surface area contributed by atoms with Crippen molar-refractivity contribution in [1.82, 2.24) is 0 Å². The number of esters is 3. The van der Waals surface area contributed by atoms with Crippen molar-refractivity contribution in [2.24, 2.45) is 0 Å². The van der Waals surface area contributed by atoms with E-state index in [-0.39, 0.29) is 31.6 Å². The summed E-state index contributed by atoms with van der Waals surface area (Å²) >= 11 is 0. The molecule has 0 aliphatic heterocycles. The molecule has 0 aromatic heterocycles. The second-order valence-electron chi connectivity index (χ2n) is 22.4. The monoisotopic (exact) mass is 1120 g/mol. The molecule has 1 atom stereocenters. The number of allylic oxidation sites excluding steroid dienone is 19. The van der Waals surface area contributed by atoms with E-state index in [1.54, 1.807) is 6.08 Å². The molecule has 0 radical (unpaired) electrons. The summed E-state index contributed by atoms with van der Waals surface area (Å²) in [4.78, 5) is 38.3. The summed E-state index contributed by atoms with van der Waals surface area (Å²) < 4.78 is 16.8. The SMILES string of the molecule is CC/C=C\C/C=C\C/C=C\C/C=C\C/C=C\CC(=O)OCC(COC(=O)CCCCCCCCCCCCCCC/C=C\C/C=C\CCCCCCC)OC(=O)CCCCCCCCCC/C=C\C/C=C\C/C=C\CCCCCCC. The third-order valence-corrected chi connectivity index (χ3v) is 14.5. The molecule has 1 unspecified atom stereocenters. The van der Waals surface area contributed by atoms with Crippen molar-refractivity contribution in [3.8, 4) is 0 Å². The summed E-state index contributed by atoms with van der Waals surface area (Å²) in [5, 5.41) is 0. The van der Waals surface area contributed by atoms with E-state index in [4.69, 9.17) is 14.2 Å². The largest absolute Gasteiger partial charge is 0.462 e. The summed E-state index contributed by atoms with van der Waals surface area (Å²) in [5.74, 6) is -1.05. The third-order valence-electron chi connectivity index (χ3n) is 14.5. The first-order valence-corrected chi connectivity index (χ1v) is 34.0. The highest BCUT2D eigenvalue weighted by Crippen LogP contribution is 2.16. The molecule has 0 saturated carbocycles. The molecular formula is C75H126O6. The minimum atomic E-state index is -0.827. The molecule has 0 fully saturated rings. The van der Waals surface area contributed by atoms with E-state index in [0.29, 0.717) is 12.8 Å².